The van der Waals surface area contributed by atoms with Gasteiger partial charge in [-0.25, -0.2) is 13.2 Å². The Balaban J connectivity index is 2.24. The molecular formula is C35H37F6N3O4. The lowest BCUT2D eigenvalue weighted by Crippen LogP contribution is -2.41. The smallest absolute Gasteiger partial charge is 0.416 e. The molecule has 2 N–H and O–H groups in total. The summed E-state index contributed by atoms with van der Waals surface area (Å²) >= 11 is 0. The zero-order valence-corrected chi connectivity index (χ0v) is 27.4. The molecule has 0 aliphatic carbocycles. The lowest BCUT2D eigenvalue weighted by atomic mass is 9.89. The van der Waals surface area contributed by atoms with E-state index in [0.29, 0.717) is 6.07 Å². The van der Waals surface area contributed by atoms with Crippen LogP contribution in [0, 0.1) is 49.6 Å². The number of alkyl halides is 3. The topological polar surface area (TPSA) is 91.6 Å². The number of rotatable bonds is 12. The molecule has 1 amide bonds. The summed E-state index contributed by atoms with van der Waals surface area (Å²) in [4.78, 5) is 40.7. The van der Waals surface area contributed by atoms with E-state index in [4.69, 9.17) is 6.42 Å². The van der Waals surface area contributed by atoms with Gasteiger partial charge in [-0.05, 0) is 87.2 Å². The molecule has 2 aromatic carbocycles. The Bertz CT molecular complexity index is 1780. The number of terminal acetylenes is 1. The molecule has 0 spiro atoms. The number of pyridine rings is 1. The van der Waals surface area contributed by atoms with Crippen LogP contribution in [0.2, 0.25) is 0 Å². The fourth-order valence-corrected chi connectivity index (χ4v) is 5.69. The number of nitrogens with zero attached hydrogens (tertiary/aromatic N) is 2. The first-order valence-corrected chi connectivity index (χ1v) is 15.0. The predicted octanol–water partition coefficient (Wildman–Crippen LogP) is 6.57. The minimum atomic E-state index is -4.86. The van der Waals surface area contributed by atoms with E-state index in [2.05, 4.69) is 11.2 Å². The van der Waals surface area contributed by atoms with Crippen molar-refractivity contribution < 1.29 is 41.0 Å². The van der Waals surface area contributed by atoms with Crippen LogP contribution in [0.5, 0.6) is 0 Å². The quantitative estimate of drug-likeness (QED) is 0.167. The molecule has 1 heterocycles. The number of hydrogen-bond donors (Lipinski definition) is 2. The van der Waals surface area contributed by atoms with Gasteiger partial charge in [-0.15, -0.1) is 6.42 Å². The molecule has 7 nitrogen and oxygen atoms in total. The van der Waals surface area contributed by atoms with Gasteiger partial charge in [0, 0.05) is 29.9 Å². The maximum Gasteiger partial charge on any atom is 0.416 e. The van der Waals surface area contributed by atoms with Gasteiger partial charge in [-0.3, -0.25) is 14.4 Å². The van der Waals surface area contributed by atoms with Gasteiger partial charge in [-0.2, -0.15) is 13.2 Å². The first-order valence-electron chi connectivity index (χ1n) is 15.0. The monoisotopic (exact) mass is 677 g/mol. The van der Waals surface area contributed by atoms with E-state index in [-0.39, 0.29) is 53.1 Å². The number of carbonyl (C=O) groups excluding carboxylic acids is 1. The molecule has 3 aromatic rings. The van der Waals surface area contributed by atoms with Crippen LogP contribution in [0.25, 0.3) is 11.1 Å². The predicted molar refractivity (Wildman–Crippen MR) is 169 cm³/mol. The van der Waals surface area contributed by atoms with Crippen LogP contribution in [-0.2, 0) is 22.2 Å². The average Bonchev–Trinajstić information content (AvgIpc) is 2.94. The van der Waals surface area contributed by atoms with Crippen molar-refractivity contribution in [1.29, 1.82) is 0 Å². The van der Waals surface area contributed by atoms with Crippen molar-refractivity contribution in [2.24, 2.45) is 5.92 Å². The molecule has 258 valence electrons. The minimum absolute atomic E-state index is 0.0986. The molecule has 48 heavy (non-hydrogen) atoms. The molecule has 0 bridgehead atoms. The van der Waals surface area contributed by atoms with Gasteiger partial charge in [0.15, 0.2) is 0 Å². The standard InChI is InChI=1S/C35H37F6N3O4/c1-8-21-14-24(30-19(4)12-23(36)13-20(30)5)33(38)31(32(21)37)26(16-29(46)47)42-34(48)27(11-18(2)3)44-17-22(9-10-43(6)7)25(15-28(44)45)35(39,40)41/h1,12-15,17-18,26-27H,9-11,16H2,2-7H3,(H,42,48)(H,46,47)/t26?,27-/m1/s1. The summed E-state index contributed by atoms with van der Waals surface area (Å²) < 4.78 is 88.8. The fraction of sp³-hybridized carbons (Fsp3) is 0.400. The normalized spacial score (nSPS) is 13.0. The Morgan fingerprint density at radius 2 is 1.65 bits per heavy atom. The van der Waals surface area contributed by atoms with Crippen LogP contribution >= 0.6 is 0 Å². The number of halogens is 6. The van der Waals surface area contributed by atoms with Gasteiger partial charge in [0.1, 0.15) is 23.5 Å². The maximum absolute atomic E-state index is 16.4. The zero-order valence-electron chi connectivity index (χ0n) is 27.4. The van der Waals surface area contributed by atoms with E-state index in [9.17, 15) is 37.1 Å². The highest BCUT2D eigenvalue weighted by molar-refractivity contribution is 5.82. The first-order chi connectivity index (χ1) is 22.3. The maximum atomic E-state index is 16.4. The summed E-state index contributed by atoms with van der Waals surface area (Å²) in [5.74, 6) is -4.02. The number of hydrogen-bond acceptors (Lipinski definition) is 4. The van der Waals surface area contributed by atoms with Gasteiger partial charge < -0.3 is 19.9 Å². The average molecular weight is 678 g/mol. The Morgan fingerprint density at radius 3 is 2.15 bits per heavy atom. The largest absolute Gasteiger partial charge is 0.481 e. The van der Waals surface area contributed by atoms with E-state index in [0.717, 1.165) is 29.0 Å². The Morgan fingerprint density at radius 1 is 1.04 bits per heavy atom. The third-order valence-corrected chi connectivity index (χ3v) is 7.83. The summed E-state index contributed by atoms with van der Waals surface area (Å²) in [5.41, 5.74) is -3.45. The van der Waals surface area contributed by atoms with Crippen LogP contribution in [0.3, 0.4) is 0 Å². The van der Waals surface area contributed by atoms with Crippen molar-refractivity contribution in [2.75, 3.05) is 20.6 Å². The summed E-state index contributed by atoms with van der Waals surface area (Å²) in [6.45, 7) is 6.54. The molecule has 0 saturated heterocycles. The summed E-state index contributed by atoms with van der Waals surface area (Å²) in [6.07, 6.45) is 0.353. The number of benzene rings is 2. The van der Waals surface area contributed by atoms with Gasteiger partial charge in [0.05, 0.1) is 23.6 Å². The third-order valence-electron chi connectivity index (χ3n) is 7.83. The van der Waals surface area contributed by atoms with Crippen molar-refractivity contribution in [3.63, 3.8) is 0 Å². The second-order valence-electron chi connectivity index (χ2n) is 12.4. The lowest BCUT2D eigenvalue weighted by Gasteiger charge is -2.27. The van der Waals surface area contributed by atoms with Crippen molar-refractivity contribution in [3.05, 3.63) is 91.6 Å². The summed E-state index contributed by atoms with van der Waals surface area (Å²) in [6, 6.07) is 0.313. The van der Waals surface area contributed by atoms with E-state index >= 15 is 8.78 Å². The van der Waals surface area contributed by atoms with Gasteiger partial charge in [-0.1, -0.05) is 19.8 Å². The van der Waals surface area contributed by atoms with Crippen LogP contribution in [0.1, 0.15) is 72.2 Å². The number of likely N-dealkylation sites (N-methyl/N-ethyl adjacent to an activating group) is 1. The Kier molecular flexibility index (Phi) is 11.9. The van der Waals surface area contributed by atoms with Crippen molar-refractivity contribution >= 4 is 11.9 Å². The number of aliphatic carboxylic acids is 1. The molecule has 0 radical (unpaired) electrons. The van der Waals surface area contributed by atoms with E-state index in [1.54, 1.807) is 32.8 Å². The van der Waals surface area contributed by atoms with E-state index < -0.39 is 76.3 Å². The van der Waals surface area contributed by atoms with Gasteiger partial charge in [0.2, 0.25) is 5.91 Å². The zero-order chi connectivity index (χ0) is 36.2. The number of carbonyl (C=O) groups is 2. The molecule has 0 saturated carbocycles. The van der Waals surface area contributed by atoms with E-state index in [1.807, 2.05) is 0 Å². The molecule has 2 atom stereocenters. The third kappa shape index (κ3) is 8.66. The van der Waals surface area contributed by atoms with Gasteiger partial charge in [0.25, 0.3) is 5.56 Å². The Hall–Kier alpha value is -4.57. The van der Waals surface area contributed by atoms with E-state index in [1.165, 1.54) is 13.8 Å². The van der Waals surface area contributed by atoms with Crippen LogP contribution in [-0.4, -0.2) is 47.1 Å². The number of aromatic nitrogens is 1. The second-order valence-corrected chi connectivity index (χ2v) is 12.4. The SMILES string of the molecule is C#Cc1cc(-c2c(C)cc(F)cc2C)c(F)c(C(CC(=O)O)NC(=O)[C@@H](CC(C)C)n2cc(CCN(C)C)c(C(F)(F)F)cc2=O)c1F. The number of aryl methyl sites for hydroxylation is 2. The molecule has 13 heteroatoms. The van der Waals surface area contributed by atoms with Crippen molar-refractivity contribution in [1.82, 2.24) is 14.8 Å². The molecular weight excluding hydrogens is 640 g/mol. The molecule has 1 unspecified atom stereocenters. The fourth-order valence-electron chi connectivity index (χ4n) is 5.69. The summed E-state index contributed by atoms with van der Waals surface area (Å²) in [7, 11) is 3.30. The number of carboxylic acid groups (broad SMARTS) is 1. The molecule has 0 fully saturated rings. The van der Waals surface area contributed by atoms with Crippen LogP contribution in [0.15, 0.2) is 35.3 Å². The minimum Gasteiger partial charge on any atom is -0.481 e. The molecule has 3 rings (SSSR count). The number of carboxylic acids is 1. The van der Waals surface area contributed by atoms with Crippen LogP contribution < -0.4 is 10.9 Å². The summed E-state index contributed by atoms with van der Waals surface area (Å²) in [5, 5.41) is 12.1. The highest BCUT2D eigenvalue weighted by Crippen LogP contribution is 2.37. The molecule has 1 aromatic heterocycles. The number of amides is 1. The molecule has 0 aliphatic rings. The second kappa shape index (κ2) is 15.1. The highest BCUT2D eigenvalue weighted by atomic mass is 19.4. The lowest BCUT2D eigenvalue weighted by molar-refractivity contribution is -0.139. The number of nitrogens with one attached hydrogen (secondary N) is 1. The van der Waals surface area contributed by atoms with Gasteiger partial charge >= 0.3 is 12.1 Å². The molecule has 0 aliphatic heterocycles. The first kappa shape index (κ1) is 37.9. The van der Waals surface area contributed by atoms with Crippen molar-refractivity contribution in [2.45, 2.75) is 65.2 Å². The Labute approximate surface area is 274 Å². The van der Waals surface area contributed by atoms with Crippen LogP contribution in [0.4, 0.5) is 26.3 Å². The highest BCUT2D eigenvalue weighted by Gasteiger charge is 2.36. The van der Waals surface area contributed by atoms with Crippen molar-refractivity contribution in [3.8, 4) is 23.5 Å².